The summed E-state index contributed by atoms with van der Waals surface area (Å²) in [5, 5.41) is 11.6. The second kappa shape index (κ2) is 8.50. The minimum atomic E-state index is -0.860. The van der Waals surface area contributed by atoms with Crippen LogP contribution >= 0.6 is 0 Å². The van der Waals surface area contributed by atoms with Crippen molar-refractivity contribution in [3.05, 3.63) is 29.8 Å². The molecule has 0 spiro atoms. The molecule has 0 saturated heterocycles. The van der Waals surface area contributed by atoms with E-state index in [1.165, 1.54) is 5.56 Å². The maximum absolute atomic E-state index is 10.8. The Morgan fingerprint density at radius 3 is 2.53 bits per heavy atom. The van der Waals surface area contributed by atoms with Crippen molar-refractivity contribution in [2.24, 2.45) is 0 Å². The van der Waals surface area contributed by atoms with Gasteiger partial charge >= 0.3 is 5.97 Å². The highest BCUT2D eigenvalue weighted by atomic mass is 16.5. The Labute approximate surface area is 113 Å². The zero-order chi connectivity index (χ0) is 14.1. The third-order valence-electron chi connectivity index (χ3n) is 2.84. The number of aliphatic carboxylic acids is 1. The lowest BCUT2D eigenvalue weighted by atomic mass is 10.1. The summed E-state index contributed by atoms with van der Waals surface area (Å²) in [6, 6.07) is 7.18. The predicted octanol–water partition coefficient (Wildman–Crippen LogP) is 1.32. The smallest absolute Gasteiger partial charge is 0.320 e. The van der Waals surface area contributed by atoms with Gasteiger partial charge in [0.2, 0.25) is 0 Å². The van der Waals surface area contributed by atoms with Gasteiger partial charge in [0.25, 0.3) is 0 Å². The van der Waals surface area contributed by atoms with Gasteiger partial charge in [-0.15, -0.1) is 0 Å². The fraction of sp³-hybridized carbons (Fsp3) is 0.500. The number of hydrogen-bond acceptors (Lipinski definition) is 4. The van der Waals surface area contributed by atoms with E-state index in [1.54, 1.807) is 14.2 Å². The molecular weight excluding hydrogens is 246 g/mol. The van der Waals surface area contributed by atoms with Crippen molar-refractivity contribution in [2.75, 3.05) is 27.4 Å². The van der Waals surface area contributed by atoms with Gasteiger partial charge in [0.05, 0.1) is 13.2 Å². The summed E-state index contributed by atoms with van der Waals surface area (Å²) in [5.74, 6) is -0.109. The van der Waals surface area contributed by atoms with Crippen LogP contribution in [0.3, 0.4) is 0 Å². The topological polar surface area (TPSA) is 67.8 Å². The second-order valence-electron chi connectivity index (χ2n) is 4.20. The van der Waals surface area contributed by atoms with Crippen molar-refractivity contribution >= 4 is 5.97 Å². The minimum absolute atomic E-state index is 0.370. The molecule has 0 heterocycles. The third-order valence-corrected chi connectivity index (χ3v) is 2.84. The summed E-state index contributed by atoms with van der Waals surface area (Å²) in [5.41, 5.74) is 1.19. The van der Waals surface area contributed by atoms with Crippen LogP contribution in [0.25, 0.3) is 0 Å². The lowest BCUT2D eigenvalue weighted by Crippen LogP contribution is -2.35. The van der Waals surface area contributed by atoms with Crippen molar-refractivity contribution in [1.82, 2.24) is 5.32 Å². The summed E-state index contributed by atoms with van der Waals surface area (Å²) in [7, 11) is 3.31. The molecule has 1 rings (SSSR count). The van der Waals surface area contributed by atoms with Crippen LogP contribution < -0.4 is 10.1 Å². The molecule has 1 aromatic rings. The summed E-state index contributed by atoms with van der Waals surface area (Å²) < 4.78 is 10.5. The Balaban J connectivity index is 2.35. The van der Waals surface area contributed by atoms with Crippen molar-refractivity contribution in [3.8, 4) is 5.75 Å². The number of carbonyl (C=O) groups is 1. The molecule has 0 aliphatic carbocycles. The molecule has 0 saturated carbocycles. The van der Waals surface area contributed by atoms with E-state index in [9.17, 15) is 4.79 Å². The summed E-state index contributed by atoms with van der Waals surface area (Å²) in [6.45, 7) is 1.07. The van der Waals surface area contributed by atoms with E-state index in [0.717, 1.165) is 12.2 Å². The molecule has 5 heteroatoms. The quantitative estimate of drug-likeness (QED) is 0.706. The van der Waals surface area contributed by atoms with Crippen LogP contribution in [0.4, 0.5) is 0 Å². The fourth-order valence-electron chi connectivity index (χ4n) is 1.66. The highest BCUT2D eigenvalue weighted by Crippen LogP contribution is 2.13. The molecule has 1 unspecified atom stereocenters. The lowest BCUT2D eigenvalue weighted by molar-refractivity contribution is -0.139. The Morgan fingerprint density at radius 1 is 1.32 bits per heavy atom. The van der Waals surface area contributed by atoms with E-state index < -0.39 is 12.0 Å². The van der Waals surface area contributed by atoms with Gasteiger partial charge in [-0.1, -0.05) is 12.1 Å². The number of ether oxygens (including phenoxy) is 2. The molecule has 0 fully saturated rings. The molecule has 0 aliphatic rings. The molecule has 2 N–H and O–H groups in total. The van der Waals surface area contributed by atoms with Crippen molar-refractivity contribution in [1.29, 1.82) is 0 Å². The average Bonchev–Trinajstić information content (AvgIpc) is 2.42. The zero-order valence-electron chi connectivity index (χ0n) is 11.4. The molecule has 5 nitrogen and oxygen atoms in total. The number of methoxy groups -OCH3 is 1. The summed E-state index contributed by atoms with van der Waals surface area (Å²) >= 11 is 0. The predicted molar refractivity (Wildman–Crippen MR) is 72.6 cm³/mol. The largest absolute Gasteiger partial charge is 0.494 e. The molecule has 1 aromatic carbocycles. The first-order chi connectivity index (χ1) is 9.17. The monoisotopic (exact) mass is 267 g/mol. The average molecular weight is 267 g/mol. The maximum atomic E-state index is 10.8. The van der Waals surface area contributed by atoms with E-state index in [2.05, 4.69) is 5.32 Å². The normalized spacial score (nSPS) is 12.1. The SMILES string of the molecule is CNC(CCOc1ccc(CCOC)cc1)C(=O)O. The number of benzene rings is 1. The van der Waals surface area contributed by atoms with Crippen LogP contribution in [0.5, 0.6) is 5.75 Å². The van der Waals surface area contributed by atoms with Crippen LogP contribution in [-0.4, -0.2) is 44.5 Å². The van der Waals surface area contributed by atoms with Crippen molar-refractivity contribution in [2.45, 2.75) is 18.9 Å². The Bertz CT molecular complexity index is 378. The molecule has 19 heavy (non-hydrogen) atoms. The minimum Gasteiger partial charge on any atom is -0.494 e. The molecule has 0 aromatic heterocycles. The first-order valence-corrected chi connectivity index (χ1v) is 6.28. The van der Waals surface area contributed by atoms with Gasteiger partial charge in [-0.25, -0.2) is 0 Å². The van der Waals surface area contributed by atoms with Gasteiger partial charge in [-0.3, -0.25) is 4.79 Å². The first-order valence-electron chi connectivity index (χ1n) is 6.28. The standard InChI is InChI=1S/C14H21NO4/c1-15-13(14(16)17)8-10-19-12-5-3-11(4-6-12)7-9-18-2/h3-6,13,15H,7-10H2,1-2H3,(H,16,17). The van der Waals surface area contributed by atoms with Gasteiger partial charge in [-0.2, -0.15) is 0 Å². The number of carboxylic acids is 1. The van der Waals surface area contributed by atoms with Crippen LogP contribution in [0.15, 0.2) is 24.3 Å². The number of rotatable bonds is 9. The Hall–Kier alpha value is -1.59. The summed E-state index contributed by atoms with van der Waals surface area (Å²) in [4.78, 5) is 10.8. The van der Waals surface area contributed by atoms with E-state index >= 15 is 0 Å². The van der Waals surface area contributed by atoms with Gasteiger partial charge in [0.15, 0.2) is 0 Å². The lowest BCUT2D eigenvalue weighted by Gasteiger charge is -2.12. The van der Waals surface area contributed by atoms with Crippen LogP contribution in [0.2, 0.25) is 0 Å². The maximum Gasteiger partial charge on any atom is 0.320 e. The van der Waals surface area contributed by atoms with Crippen LogP contribution in [-0.2, 0) is 16.0 Å². The molecule has 0 radical (unpaired) electrons. The van der Waals surface area contributed by atoms with Gasteiger partial charge in [0.1, 0.15) is 11.8 Å². The highest BCUT2D eigenvalue weighted by Gasteiger charge is 2.14. The van der Waals surface area contributed by atoms with Gasteiger partial charge in [0, 0.05) is 13.5 Å². The number of nitrogens with one attached hydrogen (secondary N) is 1. The van der Waals surface area contributed by atoms with E-state index in [1.807, 2.05) is 24.3 Å². The third kappa shape index (κ3) is 5.72. The second-order valence-corrected chi connectivity index (χ2v) is 4.20. The molecule has 1 atom stereocenters. The van der Waals surface area contributed by atoms with E-state index in [-0.39, 0.29) is 0 Å². The van der Waals surface area contributed by atoms with Crippen molar-refractivity contribution in [3.63, 3.8) is 0 Å². The van der Waals surface area contributed by atoms with Crippen molar-refractivity contribution < 1.29 is 19.4 Å². The molecular formula is C14H21NO4. The summed E-state index contributed by atoms with van der Waals surface area (Å²) in [6.07, 6.45) is 1.30. The zero-order valence-corrected chi connectivity index (χ0v) is 11.4. The van der Waals surface area contributed by atoms with Gasteiger partial charge in [-0.05, 0) is 31.2 Å². The van der Waals surface area contributed by atoms with Crippen LogP contribution in [0, 0.1) is 0 Å². The van der Waals surface area contributed by atoms with Gasteiger partial charge < -0.3 is 19.9 Å². The van der Waals surface area contributed by atoms with E-state index in [4.69, 9.17) is 14.6 Å². The molecule has 0 amide bonds. The Kier molecular flexibility index (Phi) is 6.92. The van der Waals surface area contributed by atoms with Crippen LogP contribution in [0.1, 0.15) is 12.0 Å². The molecule has 0 aliphatic heterocycles. The number of carboxylic acid groups (broad SMARTS) is 1. The first kappa shape index (κ1) is 15.5. The molecule has 106 valence electrons. The highest BCUT2D eigenvalue weighted by molar-refractivity contribution is 5.73. The number of likely N-dealkylation sites (N-methyl/N-ethyl adjacent to an activating group) is 1. The number of hydrogen-bond donors (Lipinski definition) is 2. The van der Waals surface area contributed by atoms with E-state index in [0.29, 0.717) is 19.6 Å². The molecule has 0 bridgehead atoms. The fourth-order valence-corrected chi connectivity index (χ4v) is 1.66. The Morgan fingerprint density at radius 2 is 2.00 bits per heavy atom.